The predicted octanol–water partition coefficient (Wildman–Crippen LogP) is 1.79. The summed E-state index contributed by atoms with van der Waals surface area (Å²) in [4.78, 5) is 12.8. The van der Waals surface area contributed by atoms with Crippen molar-refractivity contribution in [2.75, 3.05) is 55.4 Å². The van der Waals surface area contributed by atoms with Crippen molar-refractivity contribution in [3.05, 3.63) is 30.6 Å². The summed E-state index contributed by atoms with van der Waals surface area (Å²) >= 11 is 0. The Hall–Kier alpha value is -2.70. The molecule has 0 atom stereocenters. The molecule has 1 fully saturated rings. The number of hydrogen-bond acceptors (Lipinski definition) is 7. The van der Waals surface area contributed by atoms with Gasteiger partial charge in [-0.3, -0.25) is 0 Å². The van der Waals surface area contributed by atoms with Crippen LogP contribution >= 0.6 is 0 Å². The first-order valence-corrected chi connectivity index (χ1v) is 8.10. The largest absolute Gasteiger partial charge is 0.492 e. The van der Waals surface area contributed by atoms with Gasteiger partial charge in [-0.05, 0) is 19.1 Å². The fourth-order valence-electron chi connectivity index (χ4n) is 2.95. The van der Waals surface area contributed by atoms with Crippen molar-refractivity contribution < 1.29 is 9.47 Å². The number of nitrogen functional groups attached to an aromatic ring is 1. The van der Waals surface area contributed by atoms with E-state index in [0.717, 1.165) is 43.4 Å². The summed E-state index contributed by atoms with van der Waals surface area (Å²) in [7, 11) is 1.59. The number of hydrogen-bond donors (Lipinski definition) is 1. The molecule has 0 radical (unpaired) electrons. The summed E-state index contributed by atoms with van der Waals surface area (Å²) in [6.45, 7) is 6.06. The van der Waals surface area contributed by atoms with Crippen LogP contribution in [0, 0.1) is 0 Å². The number of para-hydroxylation sites is 2. The molecule has 1 aromatic heterocycles. The van der Waals surface area contributed by atoms with Gasteiger partial charge in [-0.15, -0.1) is 0 Å². The third-order valence-electron chi connectivity index (χ3n) is 4.10. The van der Waals surface area contributed by atoms with E-state index in [1.165, 1.54) is 6.33 Å². The quantitative estimate of drug-likeness (QED) is 0.896. The first-order chi connectivity index (χ1) is 11.7. The second-order valence-corrected chi connectivity index (χ2v) is 5.49. The number of anilines is 3. The topological polar surface area (TPSA) is 76.7 Å². The molecule has 1 aromatic carbocycles. The summed E-state index contributed by atoms with van der Waals surface area (Å²) in [5.74, 6) is 2.59. The second kappa shape index (κ2) is 7.25. The van der Waals surface area contributed by atoms with Crippen molar-refractivity contribution in [1.29, 1.82) is 0 Å². The third-order valence-corrected chi connectivity index (χ3v) is 4.10. The van der Waals surface area contributed by atoms with Crippen molar-refractivity contribution in [1.82, 2.24) is 9.97 Å². The molecule has 2 aromatic rings. The Labute approximate surface area is 142 Å². The van der Waals surface area contributed by atoms with Crippen LogP contribution in [0.15, 0.2) is 30.6 Å². The number of benzene rings is 1. The molecule has 0 bridgehead atoms. The van der Waals surface area contributed by atoms with E-state index in [-0.39, 0.29) is 0 Å². The number of piperazine rings is 1. The molecule has 1 aliphatic rings. The number of methoxy groups -OCH3 is 1. The van der Waals surface area contributed by atoms with Crippen LogP contribution in [0.3, 0.4) is 0 Å². The Bertz CT molecular complexity index is 686. The van der Waals surface area contributed by atoms with Gasteiger partial charge < -0.3 is 25.0 Å². The molecule has 0 saturated carbocycles. The second-order valence-electron chi connectivity index (χ2n) is 5.49. The van der Waals surface area contributed by atoms with Gasteiger partial charge in [-0.1, -0.05) is 12.1 Å². The van der Waals surface area contributed by atoms with Crippen LogP contribution in [-0.2, 0) is 0 Å². The molecule has 0 spiro atoms. The molecule has 2 N–H and O–H groups in total. The van der Waals surface area contributed by atoms with Crippen LogP contribution in [0.25, 0.3) is 0 Å². The molecule has 0 aliphatic carbocycles. The lowest BCUT2D eigenvalue weighted by molar-refractivity contribution is 0.340. The van der Waals surface area contributed by atoms with Crippen LogP contribution in [0.4, 0.5) is 17.3 Å². The Morgan fingerprint density at radius 3 is 2.50 bits per heavy atom. The summed E-state index contributed by atoms with van der Waals surface area (Å²) in [5.41, 5.74) is 7.01. The zero-order chi connectivity index (χ0) is 16.9. The van der Waals surface area contributed by atoms with E-state index in [2.05, 4.69) is 25.8 Å². The maximum absolute atomic E-state index is 5.88. The predicted molar refractivity (Wildman–Crippen MR) is 95.0 cm³/mol. The van der Waals surface area contributed by atoms with Gasteiger partial charge in [0.2, 0.25) is 5.75 Å². The van der Waals surface area contributed by atoms with Crippen molar-refractivity contribution in [3.8, 4) is 11.5 Å². The van der Waals surface area contributed by atoms with Gasteiger partial charge in [0.05, 0.1) is 19.4 Å². The van der Waals surface area contributed by atoms with Crippen molar-refractivity contribution in [2.24, 2.45) is 0 Å². The SMILES string of the molecule is CCOc1ccccc1N1CCN(c2ncnc(N)c2OC)CC1. The number of nitrogens with zero attached hydrogens (tertiary/aromatic N) is 4. The normalized spacial score (nSPS) is 14.6. The summed E-state index contributed by atoms with van der Waals surface area (Å²) in [5, 5.41) is 0. The molecule has 128 valence electrons. The maximum Gasteiger partial charge on any atom is 0.204 e. The van der Waals surface area contributed by atoms with E-state index in [9.17, 15) is 0 Å². The molecule has 1 saturated heterocycles. The molecule has 0 amide bonds. The Morgan fingerprint density at radius 1 is 1.08 bits per heavy atom. The Kier molecular flexibility index (Phi) is 4.88. The average molecular weight is 329 g/mol. The highest BCUT2D eigenvalue weighted by Crippen LogP contribution is 2.33. The van der Waals surface area contributed by atoms with E-state index in [4.69, 9.17) is 15.2 Å². The molecule has 0 unspecified atom stereocenters. The first-order valence-electron chi connectivity index (χ1n) is 8.10. The fourth-order valence-corrected chi connectivity index (χ4v) is 2.95. The van der Waals surface area contributed by atoms with Crippen LogP contribution in [0.1, 0.15) is 6.92 Å². The summed E-state index contributed by atoms with van der Waals surface area (Å²) in [6, 6.07) is 8.15. The molecule has 7 nitrogen and oxygen atoms in total. The Morgan fingerprint density at radius 2 is 1.79 bits per heavy atom. The summed E-state index contributed by atoms with van der Waals surface area (Å²) < 4.78 is 11.1. The van der Waals surface area contributed by atoms with Crippen LogP contribution < -0.4 is 25.0 Å². The van der Waals surface area contributed by atoms with E-state index < -0.39 is 0 Å². The van der Waals surface area contributed by atoms with Crippen LogP contribution in [0.2, 0.25) is 0 Å². The molecule has 2 heterocycles. The van der Waals surface area contributed by atoms with E-state index in [1.807, 2.05) is 25.1 Å². The number of nitrogens with two attached hydrogens (primary N) is 1. The Balaban J connectivity index is 1.74. The standard InChI is InChI=1S/C17H23N5O2/c1-3-24-14-7-5-4-6-13(14)21-8-10-22(11-9-21)17-15(23-2)16(18)19-12-20-17/h4-7,12H,3,8-11H2,1-2H3,(H2,18,19,20). The molecule has 3 rings (SSSR count). The van der Waals surface area contributed by atoms with Gasteiger partial charge >= 0.3 is 0 Å². The van der Waals surface area contributed by atoms with Gasteiger partial charge in [-0.25, -0.2) is 9.97 Å². The maximum atomic E-state index is 5.88. The average Bonchev–Trinajstić information content (AvgIpc) is 2.62. The fraction of sp³-hybridized carbons (Fsp3) is 0.412. The van der Waals surface area contributed by atoms with Gasteiger partial charge in [0.15, 0.2) is 11.6 Å². The lowest BCUT2D eigenvalue weighted by atomic mass is 10.2. The van der Waals surface area contributed by atoms with Gasteiger partial charge in [-0.2, -0.15) is 0 Å². The highest BCUT2D eigenvalue weighted by atomic mass is 16.5. The zero-order valence-electron chi connectivity index (χ0n) is 14.1. The van der Waals surface area contributed by atoms with Crippen molar-refractivity contribution >= 4 is 17.3 Å². The first kappa shape index (κ1) is 16.2. The van der Waals surface area contributed by atoms with Crippen LogP contribution in [-0.4, -0.2) is 49.9 Å². The van der Waals surface area contributed by atoms with Crippen LogP contribution in [0.5, 0.6) is 11.5 Å². The van der Waals surface area contributed by atoms with Gasteiger partial charge in [0.25, 0.3) is 0 Å². The minimum Gasteiger partial charge on any atom is -0.492 e. The molecule has 24 heavy (non-hydrogen) atoms. The molecular formula is C17H23N5O2. The smallest absolute Gasteiger partial charge is 0.204 e. The highest BCUT2D eigenvalue weighted by Gasteiger charge is 2.23. The number of rotatable bonds is 5. The zero-order valence-corrected chi connectivity index (χ0v) is 14.1. The highest BCUT2D eigenvalue weighted by molar-refractivity contribution is 5.64. The van der Waals surface area contributed by atoms with E-state index in [0.29, 0.717) is 18.2 Å². The number of ether oxygens (including phenoxy) is 2. The monoisotopic (exact) mass is 329 g/mol. The molecule has 1 aliphatic heterocycles. The van der Waals surface area contributed by atoms with E-state index >= 15 is 0 Å². The lowest BCUT2D eigenvalue weighted by Gasteiger charge is -2.37. The molecule has 7 heteroatoms. The van der Waals surface area contributed by atoms with Gasteiger partial charge in [0.1, 0.15) is 12.1 Å². The number of aromatic nitrogens is 2. The van der Waals surface area contributed by atoms with E-state index in [1.54, 1.807) is 7.11 Å². The third kappa shape index (κ3) is 3.15. The van der Waals surface area contributed by atoms with Crippen molar-refractivity contribution in [2.45, 2.75) is 6.92 Å². The lowest BCUT2D eigenvalue weighted by Crippen LogP contribution is -2.47. The minimum atomic E-state index is 0.367. The molecular weight excluding hydrogens is 306 g/mol. The van der Waals surface area contributed by atoms with Gasteiger partial charge in [0, 0.05) is 26.2 Å². The van der Waals surface area contributed by atoms with Crippen molar-refractivity contribution in [3.63, 3.8) is 0 Å². The summed E-state index contributed by atoms with van der Waals surface area (Å²) in [6.07, 6.45) is 1.48. The minimum absolute atomic E-state index is 0.367.